The number of halogens is 3. The van der Waals surface area contributed by atoms with E-state index in [0.29, 0.717) is 31.2 Å². The summed E-state index contributed by atoms with van der Waals surface area (Å²) in [6, 6.07) is 4.05. The second kappa shape index (κ2) is 10.4. The molecule has 0 aromatic heterocycles. The number of hydrogen-bond donors (Lipinski definition) is 3. The Morgan fingerprint density at radius 1 is 1.21 bits per heavy atom. The summed E-state index contributed by atoms with van der Waals surface area (Å²) in [5.41, 5.74) is -0.0371. The number of rotatable bonds is 5. The third kappa shape index (κ3) is 5.22. The maximum Gasteiger partial charge on any atom is 0.416 e. The predicted molar refractivity (Wildman–Crippen MR) is 137 cm³/mol. The molecule has 2 saturated heterocycles. The lowest BCUT2D eigenvalue weighted by atomic mass is 9.73. The van der Waals surface area contributed by atoms with Crippen LogP contribution in [-0.2, 0) is 22.3 Å². The van der Waals surface area contributed by atoms with E-state index in [0.717, 1.165) is 56.9 Å². The molecule has 1 aliphatic carbocycles. The molecule has 3 N–H and O–H groups in total. The molecule has 212 valence electrons. The van der Waals surface area contributed by atoms with Crippen molar-refractivity contribution < 1.29 is 27.8 Å². The summed E-state index contributed by atoms with van der Waals surface area (Å²) >= 11 is 0. The number of carbonyl (C=O) groups is 1. The minimum atomic E-state index is -4.47. The zero-order valence-electron chi connectivity index (χ0n) is 22.6. The summed E-state index contributed by atoms with van der Waals surface area (Å²) in [5.74, 6) is -1.20. The van der Waals surface area contributed by atoms with Crippen LogP contribution < -0.4 is 10.6 Å². The molecule has 3 aliphatic heterocycles. The van der Waals surface area contributed by atoms with Crippen LogP contribution >= 0.6 is 0 Å². The fourth-order valence-electron chi connectivity index (χ4n) is 7.13. The molecule has 1 amide bonds. The molecular weight excluding hydrogens is 497 g/mol. The van der Waals surface area contributed by atoms with Crippen LogP contribution in [0.25, 0.3) is 0 Å². The lowest BCUT2D eigenvalue weighted by Gasteiger charge is -2.46. The molecular formula is C28H41F3N4O3. The summed E-state index contributed by atoms with van der Waals surface area (Å²) < 4.78 is 46.4. The summed E-state index contributed by atoms with van der Waals surface area (Å²) in [6.07, 6.45) is -0.155. The van der Waals surface area contributed by atoms with Gasteiger partial charge in [-0.05, 0) is 68.2 Å². The van der Waals surface area contributed by atoms with E-state index in [-0.39, 0.29) is 24.4 Å². The van der Waals surface area contributed by atoms with Gasteiger partial charge in [-0.3, -0.25) is 15.0 Å². The SMILES string of the molecule is CC(C)[C@]1(C(=O)N2Cc3cc(C(F)(F)F)ccc3[C@@H](N3CCNC3(C)O)C2)CC[C@@H](NC2CCOCC2)C1. The van der Waals surface area contributed by atoms with E-state index in [2.05, 4.69) is 24.5 Å². The van der Waals surface area contributed by atoms with Crippen LogP contribution in [0.5, 0.6) is 0 Å². The second-order valence-corrected chi connectivity index (χ2v) is 12.1. The second-order valence-electron chi connectivity index (χ2n) is 12.1. The van der Waals surface area contributed by atoms with Crippen molar-refractivity contribution in [3.05, 3.63) is 34.9 Å². The van der Waals surface area contributed by atoms with Crippen LogP contribution in [-0.4, -0.2) is 71.6 Å². The van der Waals surface area contributed by atoms with Crippen LogP contribution in [0.3, 0.4) is 0 Å². The average Bonchev–Trinajstić information content (AvgIpc) is 3.46. The average molecular weight is 539 g/mol. The Morgan fingerprint density at radius 3 is 2.58 bits per heavy atom. The van der Waals surface area contributed by atoms with Gasteiger partial charge in [0.15, 0.2) is 5.85 Å². The third-order valence-corrected chi connectivity index (χ3v) is 9.39. The van der Waals surface area contributed by atoms with Gasteiger partial charge in [0.25, 0.3) is 0 Å². The first kappa shape index (κ1) is 27.8. The highest BCUT2D eigenvalue weighted by atomic mass is 19.4. The molecule has 0 bridgehead atoms. The molecule has 1 saturated carbocycles. The zero-order chi connectivity index (χ0) is 27.3. The van der Waals surface area contributed by atoms with Crippen LogP contribution in [0.4, 0.5) is 13.2 Å². The highest BCUT2D eigenvalue weighted by Gasteiger charge is 2.51. The van der Waals surface area contributed by atoms with Crippen LogP contribution in [0.1, 0.15) is 75.6 Å². The van der Waals surface area contributed by atoms with Crippen molar-refractivity contribution in [1.82, 2.24) is 20.4 Å². The van der Waals surface area contributed by atoms with Crippen LogP contribution in [0.2, 0.25) is 0 Å². The molecule has 0 radical (unpaired) electrons. The molecule has 7 nitrogen and oxygen atoms in total. The first-order chi connectivity index (χ1) is 17.9. The van der Waals surface area contributed by atoms with E-state index >= 15 is 0 Å². The van der Waals surface area contributed by atoms with Crippen molar-refractivity contribution in [1.29, 1.82) is 0 Å². The molecule has 1 aromatic rings. The Hall–Kier alpha value is -1.72. The molecule has 1 aromatic carbocycles. The highest BCUT2D eigenvalue weighted by molar-refractivity contribution is 5.84. The van der Waals surface area contributed by atoms with Crippen LogP contribution in [0.15, 0.2) is 18.2 Å². The normalized spacial score (nSPS) is 33.2. The Kier molecular flexibility index (Phi) is 7.58. The fourth-order valence-corrected chi connectivity index (χ4v) is 7.13. The monoisotopic (exact) mass is 538 g/mol. The summed E-state index contributed by atoms with van der Waals surface area (Å²) in [6.45, 7) is 8.90. The first-order valence-corrected chi connectivity index (χ1v) is 14.0. The molecule has 10 heteroatoms. The number of nitrogens with one attached hydrogen (secondary N) is 2. The largest absolute Gasteiger partial charge is 0.416 e. The van der Waals surface area contributed by atoms with Gasteiger partial charge in [0, 0.05) is 51.5 Å². The first-order valence-electron chi connectivity index (χ1n) is 14.0. The molecule has 3 fully saturated rings. The number of hydrogen-bond acceptors (Lipinski definition) is 6. The Balaban J connectivity index is 1.43. The number of fused-ring (bicyclic) bond motifs is 1. The highest BCUT2D eigenvalue weighted by Crippen LogP contribution is 2.48. The van der Waals surface area contributed by atoms with Gasteiger partial charge in [-0.1, -0.05) is 19.9 Å². The fraction of sp³-hybridized carbons (Fsp3) is 0.750. The van der Waals surface area contributed by atoms with E-state index < -0.39 is 29.0 Å². The van der Waals surface area contributed by atoms with Crippen molar-refractivity contribution in [3.63, 3.8) is 0 Å². The standard InChI is InChI=1S/C28H41F3N4O3/c1-18(2)27(9-6-22(15-27)33-21-7-12-38-13-8-21)25(36)34-16-19-14-20(28(29,30)31)4-5-23(19)24(17-34)35-11-10-32-26(35,3)37/h4-5,14,18,21-22,24,32-33,37H,6-13,15-17H2,1-3H3/t22-,24+,26?,27+/m1/s1. The van der Waals surface area contributed by atoms with Crippen molar-refractivity contribution in [2.24, 2.45) is 11.3 Å². The summed E-state index contributed by atoms with van der Waals surface area (Å²) in [7, 11) is 0. The predicted octanol–water partition coefficient (Wildman–Crippen LogP) is 3.62. The number of aliphatic hydroxyl groups is 1. The van der Waals surface area contributed by atoms with Gasteiger partial charge in [0.2, 0.25) is 5.91 Å². The lowest BCUT2D eigenvalue weighted by molar-refractivity contribution is -0.151. The van der Waals surface area contributed by atoms with Gasteiger partial charge in [0.05, 0.1) is 17.0 Å². The third-order valence-electron chi connectivity index (χ3n) is 9.39. The molecule has 4 aliphatic rings. The Bertz CT molecular complexity index is 1030. The molecule has 4 atom stereocenters. The zero-order valence-corrected chi connectivity index (χ0v) is 22.6. The molecule has 38 heavy (non-hydrogen) atoms. The van der Waals surface area contributed by atoms with Gasteiger partial charge in [0.1, 0.15) is 0 Å². The van der Waals surface area contributed by atoms with Crippen molar-refractivity contribution in [2.75, 3.05) is 32.8 Å². The summed E-state index contributed by atoms with van der Waals surface area (Å²) in [4.78, 5) is 18.0. The number of ether oxygens (including phenoxy) is 1. The Labute approximate surface area is 223 Å². The van der Waals surface area contributed by atoms with Crippen molar-refractivity contribution in [2.45, 2.75) is 89.6 Å². The maximum absolute atomic E-state index is 14.4. The van der Waals surface area contributed by atoms with Gasteiger partial charge in [-0.2, -0.15) is 13.2 Å². The number of benzene rings is 1. The number of amides is 1. The van der Waals surface area contributed by atoms with Crippen LogP contribution in [0, 0.1) is 11.3 Å². The number of carbonyl (C=O) groups excluding carboxylic acids is 1. The lowest BCUT2D eigenvalue weighted by Crippen LogP contribution is -2.56. The molecule has 0 spiro atoms. The van der Waals surface area contributed by atoms with E-state index in [4.69, 9.17) is 4.74 Å². The number of alkyl halides is 3. The van der Waals surface area contributed by atoms with E-state index in [9.17, 15) is 23.1 Å². The van der Waals surface area contributed by atoms with Gasteiger partial charge in [-0.25, -0.2) is 0 Å². The van der Waals surface area contributed by atoms with Gasteiger partial charge >= 0.3 is 6.18 Å². The topological polar surface area (TPSA) is 77.1 Å². The van der Waals surface area contributed by atoms with E-state index in [1.807, 2.05) is 4.90 Å². The molecule has 3 heterocycles. The van der Waals surface area contributed by atoms with Gasteiger partial charge in [-0.15, -0.1) is 0 Å². The van der Waals surface area contributed by atoms with E-state index in [1.54, 1.807) is 11.8 Å². The smallest absolute Gasteiger partial charge is 0.381 e. The van der Waals surface area contributed by atoms with Crippen molar-refractivity contribution >= 4 is 5.91 Å². The maximum atomic E-state index is 14.4. The minimum absolute atomic E-state index is 0.0173. The van der Waals surface area contributed by atoms with E-state index in [1.165, 1.54) is 12.1 Å². The Morgan fingerprint density at radius 2 is 1.95 bits per heavy atom. The number of nitrogens with zero attached hydrogens (tertiary/aromatic N) is 2. The molecule has 5 rings (SSSR count). The van der Waals surface area contributed by atoms with Gasteiger partial charge < -0.3 is 20.1 Å². The minimum Gasteiger partial charge on any atom is -0.381 e. The summed E-state index contributed by atoms with van der Waals surface area (Å²) in [5, 5.41) is 17.8. The molecule has 1 unspecified atom stereocenters. The quantitative estimate of drug-likeness (QED) is 0.532. The van der Waals surface area contributed by atoms with Crippen molar-refractivity contribution in [3.8, 4) is 0 Å².